The maximum atomic E-state index is 14.0. The Morgan fingerprint density at radius 2 is 1.76 bits per heavy atom. The Hall–Kier alpha value is -3.50. The van der Waals surface area contributed by atoms with Gasteiger partial charge in [-0.15, -0.1) is 11.3 Å². The first-order valence-electron chi connectivity index (χ1n) is 9.81. The molecular formula is C23H15F3N4OS2. The minimum atomic E-state index is -0.736. The summed E-state index contributed by atoms with van der Waals surface area (Å²) in [5, 5.41) is 9.37. The molecule has 1 aliphatic heterocycles. The summed E-state index contributed by atoms with van der Waals surface area (Å²) in [6, 6.07) is 12.3. The lowest BCUT2D eigenvalue weighted by molar-refractivity contribution is 0.404. The Balaban J connectivity index is 1.68. The Labute approximate surface area is 196 Å². The van der Waals surface area contributed by atoms with Gasteiger partial charge in [-0.3, -0.25) is 4.90 Å². The highest BCUT2D eigenvalue weighted by Gasteiger charge is 2.35. The van der Waals surface area contributed by atoms with Crippen LogP contribution in [0.15, 0.2) is 70.2 Å². The fourth-order valence-electron chi connectivity index (χ4n) is 3.74. The summed E-state index contributed by atoms with van der Waals surface area (Å²) in [5.41, 5.74) is 2.00. The molecule has 5 rings (SSSR count). The number of nitrogens with one attached hydrogen (secondary N) is 1. The molecule has 1 aliphatic rings. The minimum absolute atomic E-state index is 0.204. The van der Waals surface area contributed by atoms with Crippen LogP contribution in [0.25, 0.3) is 16.3 Å². The average Bonchev–Trinajstić information content (AvgIpc) is 3.45. The molecule has 0 spiro atoms. The molecule has 0 saturated carbocycles. The molecule has 3 heterocycles. The van der Waals surface area contributed by atoms with Crippen LogP contribution in [0.5, 0.6) is 0 Å². The molecule has 1 N–H and O–H groups in total. The van der Waals surface area contributed by atoms with Gasteiger partial charge in [0.25, 0.3) is 5.89 Å². The van der Waals surface area contributed by atoms with Gasteiger partial charge in [-0.25, -0.2) is 13.2 Å². The summed E-state index contributed by atoms with van der Waals surface area (Å²) < 4.78 is 47.1. The van der Waals surface area contributed by atoms with E-state index in [1.807, 2.05) is 17.5 Å². The van der Waals surface area contributed by atoms with E-state index in [0.29, 0.717) is 22.7 Å². The van der Waals surface area contributed by atoms with E-state index in [2.05, 4.69) is 15.5 Å². The molecule has 0 bridgehead atoms. The normalized spacial score (nSPS) is 16.3. The van der Waals surface area contributed by atoms with E-state index in [1.165, 1.54) is 40.5 Å². The van der Waals surface area contributed by atoms with Crippen LogP contribution in [0.2, 0.25) is 0 Å². The van der Waals surface area contributed by atoms with Gasteiger partial charge in [0, 0.05) is 11.8 Å². The van der Waals surface area contributed by atoms with Crippen LogP contribution in [0, 0.1) is 17.5 Å². The SMILES string of the molecule is CC1=C(c2nc(-c3cccs3)no2)C(c2ccc(F)cc2)NC(=S)N1c1cc(F)cc(F)c1. The predicted molar refractivity (Wildman–Crippen MR) is 124 cm³/mol. The number of thiocarbonyl (C=S) groups is 1. The number of rotatable bonds is 4. The Bertz CT molecular complexity index is 1350. The fraction of sp³-hybridized carbons (Fsp3) is 0.0870. The summed E-state index contributed by atoms with van der Waals surface area (Å²) >= 11 is 7.01. The zero-order chi connectivity index (χ0) is 23.1. The van der Waals surface area contributed by atoms with Gasteiger partial charge >= 0.3 is 0 Å². The molecule has 2 aromatic heterocycles. The molecule has 2 aromatic carbocycles. The molecule has 0 amide bonds. The average molecular weight is 485 g/mol. The maximum Gasteiger partial charge on any atom is 0.258 e. The van der Waals surface area contributed by atoms with E-state index >= 15 is 0 Å². The van der Waals surface area contributed by atoms with Gasteiger partial charge < -0.3 is 9.84 Å². The van der Waals surface area contributed by atoms with E-state index in [1.54, 1.807) is 19.1 Å². The van der Waals surface area contributed by atoms with Crippen molar-refractivity contribution < 1.29 is 17.7 Å². The van der Waals surface area contributed by atoms with Crippen LogP contribution >= 0.6 is 23.6 Å². The monoisotopic (exact) mass is 484 g/mol. The van der Waals surface area contributed by atoms with Crippen LogP contribution in [-0.4, -0.2) is 15.3 Å². The van der Waals surface area contributed by atoms with Crippen molar-refractivity contribution in [2.24, 2.45) is 0 Å². The van der Waals surface area contributed by atoms with Gasteiger partial charge in [-0.1, -0.05) is 23.4 Å². The van der Waals surface area contributed by atoms with Gasteiger partial charge in [0.2, 0.25) is 5.82 Å². The second-order valence-electron chi connectivity index (χ2n) is 7.30. The van der Waals surface area contributed by atoms with Crippen molar-refractivity contribution in [1.29, 1.82) is 0 Å². The number of benzene rings is 2. The van der Waals surface area contributed by atoms with Crippen molar-refractivity contribution in [3.63, 3.8) is 0 Å². The third-order valence-corrected chi connectivity index (χ3v) is 6.36. The molecule has 4 aromatic rings. The number of nitrogens with zero attached hydrogens (tertiary/aromatic N) is 3. The van der Waals surface area contributed by atoms with Crippen molar-refractivity contribution in [3.05, 3.63) is 94.6 Å². The molecule has 166 valence electrons. The number of anilines is 1. The number of thiophene rings is 1. The minimum Gasteiger partial charge on any atom is -0.351 e. The van der Waals surface area contributed by atoms with E-state index in [4.69, 9.17) is 16.7 Å². The molecule has 0 radical (unpaired) electrons. The van der Waals surface area contributed by atoms with E-state index < -0.39 is 17.7 Å². The van der Waals surface area contributed by atoms with E-state index in [9.17, 15) is 13.2 Å². The first kappa shape index (κ1) is 21.4. The summed E-state index contributed by atoms with van der Waals surface area (Å²) in [6.45, 7) is 1.75. The van der Waals surface area contributed by atoms with Gasteiger partial charge in [-0.05, 0) is 60.4 Å². The maximum absolute atomic E-state index is 14.0. The van der Waals surface area contributed by atoms with Crippen LogP contribution < -0.4 is 10.2 Å². The lowest BCUT2D eigenvalue weighted by Crippen LogP contribution is -2.46. The van der Waals surface area contributed by atoms with Crippen molar-refractivity contribution in [2.75, 3.05) is 4.90 Å². The third-order valence-electron chi connectivity index (χ3n) is 5.19. The number of hydrogen-bond acceptors (Lipinski definition) is 5. The molecular weight excluding hydrogens is 469 g/mol. The van der Waals surface area contributed by atoms with Gasteiger partial charge in [0.15, 0.2) is 5.11 Å². The zero-order valence-corrected chi connectivity index (χ0v) is 18.7. The predicted octanol–water partition coefficient (Wildman–Crippen LogP) is 6.08. The first-order chi connectivity index (χ1) is 15.9. The molecule has 5 nitrogen and oxygen atoms in total. The molecule has 33 heavy (non-hydrogen) atoms. The third kappa shape index (κ3) is 4.03. The number of aromatic nitrogens is 2. The Kier molecular flexibility index (Phi) is 5.47. The topological polar surface area (TPSA) is 54.2 Å². The van der Waals surface area contributed by atoms with E-state index in [-0.39, 0.29) is 22.5 Å². The lowest BCUT2D eigenvalue weighted by atomic mass is 9.94. The summed E-state index contributed by atoms with van der Waals surface area (Å²) in [4.78, 5) is 6.88. The second kappa shape index (κ2) is 8.45. The van der Waals surface area contributed by atoms with Crippen LogP contribution in [0.3, 0.4) is 0 Å². The van der Waals surface area contributed by atoms with Crippen LogP contribution in [0.4, 0.5) is 18.9 Å². The Morgan fingerprint density at radius 3 is 2.42 bits per heavy atom. The fourth-order valence-corrected chi connectivity index (χ4v) is 4.75. The highest BCUT2D eigenvalue weighted by Crippen LogP contribution is 2.39. The molecule has 1 atom stereocenters. The van der Waals surface area contributed by atoms with Crippen LogP contribution in [-0.2, 0) is 0 Å². The van der Waals surface area contributed by atoms with Gasteiger partial charge in [0.05, 0.1) is 22.2 Å². The van der Waals surface area contributed by atoms with Crippen molar-refractivity contribution in [2.45, 2.75) is 13.0 Å². The molecule has 10 heteroatoms. The summed E-state index contributed by atoms with van der Waals surface area (Å²) in [5.74, 6) is -1.23. The van der Waals surface area contributed by atoms with Crippen LogP contribution in [0.1, 0.15) is 24.4 Å². The Morgan fingerprint density at radius 1 is 1.03 bits per heavy atom. The largest absolute Gasteiger partial charge is 0.351 e. The van der Waals surface area contributed by atoms with Crippen molar-refractivity contribution >= 4 is 39.9 Å². The number of hydrogen-bond donors (Lipinski definition) is 1. The first-order valence-corrected chi connectivity index (χ1v) is 11.1. The smallest absolute Gasteiger partial charge is 0.258 e. The quantitative estimate of drug-likeness (QED) is 0.354. The molecule has 0 fully saturated rings. The number of allylic oxidation sites excluding steroid dienone is 1. The highest BCUT2D eigenvalue weighted by molar-refractivity contribution is 7.80. The summed E-state index contributed by atoms with van der Waals surface area (Å²) in [6.07, 6.45) is 0. The van der Waals surface area contributed by atoms with Gasteiger partial charge in [0.1, 0.15) is 17.5 Å². The second-order valence-corrected chi connectivity index (χ2v) is 8.63. The van der Waals surface area contributed by atoms with Crippen molar-refractivity contribution in [1.82, 2.24) is 15.5 Å². The standard InChI is InChI=1S/C23H15F3N4OS2/c1-12-19(22-28-21(29-31-22)18-3-2-8-33-18)20(13-4-6-14(24)7-5-13)27-23(32)30(12)17-10-15(25)9-16(26)11-17/h2-11,20H,1H3,(H,27,32). The van der Waals surface area contributed by atoms with Gasteiger partial charge in [-0.2, -0.15) is 4.98 Å². The number of halogens is 3. The van der Waals surface area contributed by atoms with E-state index in [0.717, 1.165) is 10.9 Å². The molecule has 0 saturated heterocycles. The highest BCUT2D eigenvalue weighted by atomic mass is 32.1. The lowest BCUT2D eigenvalue weighted by Gasteiger charge is -2.37. The zero-order valence-electron chi connectivity index (χ0n) is 17.1. The van der Waals surface area contributed by atoms with Crippen molar-refractivity contribution in [3.8, 4) is 10.7 Å². The summed E-state index contributed by atoms with van der Waals surface area (Å²) in [7, 11) is 0. The molecule has 0 aliphatic carbocycles. The molecule has 1 unspecified atom stereocenters.